The molecule has 0 radical (unpaired) electrons. The zero-order chi connectivity index (χ0) is 17.1. The molecule has 124 valence electrons. The van der Waals surface area contributed by atoms with E-state index in [2.05, 4.69) is 18.1 Å². The summed E-state index contributed by atoms with van der Waals surface area (Å²) >= 11 is 1.70. The number of benzene rings is 1. The fourth-order valence-electron chi connectivity index (χ4n) is 2.93. The predicted octanol–water partition coefficient (Wildman–Crippen LogP) is 3.28. The molecule has 1 amide bonds. The van der Waals surface area contributed by atoms with Crippen LogP contribution < -0.4 is 4.90 Å². The van der Waals surface area contributed by atoms with Crippen molar-refractivity contribution in [2.45, 2.75) is 30.3 Å². The number of thioether (sulfide) groups is 1. The maximum Gasteiger partial charge on any atom is 0.240 e. The van der Waals surface area contributed by atoms with E-state index in [9.17, 15) is 4.79 Å². The number of piperidine rings is 1. The summed E-state index contributed by atoms with van der Waals surface area (Å²) in [4.78, 5) is 14.7. The number of carbonyl (C=O) groups is 1. The fourth-order valence-corrected chi connectivity index (χ4v) is 4.28. The van der Waals surface area contributed by atoms with Crippen molar-refractivity contribution in [3.05, 3.63) is 47.8 Å². The molecule has 1 aliphatic rings. The minimum absolute atomic E-state index is 0.0374. The third-order valence-electron chi connectivity index (χ3n) is 4.27. The lowest BCUT2D eigenvalue weighted by Crippen LogP contribution is -2.43. The van der Waals surface area contributed by atoms with Crippen LogP contribution in [0.15, 0.2) is 36.7 Å². The Labute approximate surface area is 146 Å². The van der Waals surface area contributed by atoms with E-state index in [0.29, 0.717) is 5.56 Å². The fraction of sp³-hybridized carbons (Fsp3) is 0.389. The van der Waals surface area contributed by atoms with E-state index in [1.54, 1.807) is 22.6 Å². The quantitative estimate of drug-likeness (QED) is 0.857. The van der Waals surface area contributed by atoms with Crippen molar-refractivity contribution in [1.82, 2.24) is 9.78 Å². The summed E-state index contributed by atoms with van der Waals surface area (Å²) in [5.41, 5.74) is 2.68. The SMILES string of the molecule is C[C@H](S[C@H]1CCCN(c2cnn(C)c2)C1=O)c1ccc(C#N)cc1. The number of hydrogen-bond donors (Lipinski definition) is 0. The molecule has 5 nitrogen and oxygen atoms in total. The van der Waals surface area contributed by atoms with Gasteiger partial charge < -0.3 is 4.90 Å². The smallest absolute Gasteiger partial charge is 0.240 e. The summed E-state index contributed by atoms with van der Waals surface area (Å²) in [6.07, 6.45) is 5.53. The normalized spacial score (nSPS) is 19.1. The molecule has 1 fully saturated rings. The molecule has 0 bridgehead atoms. The van der Waals surface area contributed by atoms with Crippen molar-refractivity contribution in [2.75, 3.05) is 11.4 Å². The summed E-state index contributed by atoms with van der Waals surface area (Å²) in [5, 5.41) is 13.2. The molecule has 0 saturated carbocycles. The molecule has 1 aromatic heterocycles. The molecule has 0 aliphatic carbocycles. The molecule has 0 N–H and O–H groups in total. The average molecular weight is 340 g/mol. The van der Waals surface area contributed by atoms with Crippen LogP contribution in [0.4, 0.5) is 5.69 Å². The van der Waals surface area contributed by atoms with Crippen LogP contribution in [0.5, 0.6) is 0 Å². The van der Waals surface area contributed by atoms with Gasteiger partial charge in [-0.15, -0.1) is 11.8 Å². The average Bonchev–Trinajstić information content (AvgIpc) is 3.03. The predicted molar refractivity (Wildman–Crippen MR) is 95.7 cm³/mol. The van der Waals surface area contributed by atoms with Gasteiger partial charge in [-0.2, -0.15) is 10.4 Å². The largest absolute Gasteiger partial charge is 0.309 e. The molecular weight excluding hydrogens is 320 g/mol. The van der Waals surface area contributed by atoms with Gasteiger partial charge in [0.05, 0.1) is 28.8 Å². The van der Waals surface area contributed by atoms with Gasteiger partial charge in [0.15, 0.2) is 0 Å². The number of aryl methyl sites for hydroxylation is 1. The number of anilines is 1. The van der Waals surface area contributed by atoms with Crippen LogP contribution in [0.25, 0.3) is 0 Å². The zero-order valence-corrected chi connectivity index (χ0v) is 14.7. The Morgan fingerprint density at radius 2 is 2.12 bits per heavy atom. The first kappa shape index (κ1) is 16.6. The van der Waals surface area contributed by atoms with Gasteiger partial charge in [-0.25, -0.2) is 0 Å². The van der Waals surface area contributed by atoms with Crippen molar-refractivity contribution in [3.8, 4) is 6.07 Å². The Bertz CT molecular complexity index is 762. The van der Waals surface area contributed by atoms with E-state index in [0.717, 1.165) is 30.6 Å². The molecule has 6 heteroatoms. The first-order chi connectivity index (χ1) is 11.6. The van der Waals surface area contributed by atoms with E-state index >= 15 is 0 Å². The van der Waals surface area contributed by atoms with Crippen LogP contribution in [0.2, 0.25) is 0 Å². The molecule has 1 saturated heterocycles. The third kappa shape index (κ3) is 3.46. The molecule has 3 rings (SSSR count). The van der Waals surface area contributed by atoms with Crippen molar-refractivity contribution in [1.29, 1.82) is 5.26 Å². The summed E-state index contributed by atoms with van der Waals surface area (Å²) in [6, 6.07) is 9.74. The number of amides is 1. The molecule has 2 aromatic rings. The summed E-state index contributed by atoms with van der Waals surface area (Å²) in [6.45, 7) is 2.87. The van der Waals surface area contributed by atoms with Crippen molar-refractivity contribution in [2.24, 2.45) is 7.05 Å². The summed E-state index contributed by atoms with van der Waals surface area (Å²) < 4.78 is 1.72. The number of hydrogen-bond acceptors (Lipinski definition) is 4. The number of nitriles is 1. The molecule has 0 unspecified atom stereocenters. The van der Waals surface area contributed by atoms with Gasteiger partial charge in [0.2, 0.25) is 5.91 Å². The van der Waals surface area contributed by atoms with E-state index in [1.807, 2.05) is 42.4 Å². The standard InChI is InChI=1S/C18H20N4OS/c1-13(15-7-5-14(10-19)6-8-15)24-17-4-3-9-22(18(17)23)16-11-20-21(2)12-16/h5-8,11-13,17H,3-4,9H2,1-2H3/t13-,17-/m0/s1. The second-order valence-electron chi connectivity index (χ2n) is 6.01. The van der Waals surface area contributed by atoms with Gasteiger partial charge in [-0.05, 0) is 37.5 Å². The molecule has 0 spiro atoms. The summed E-state index contributed by atoms with van der Waals surface area (Å²) in [5.74, 6) is 0.166. The highest BCUT2D eigenvalue weighted by molar-refractivity contribution is 8.00. The topological polar surface area (TPSA) is 61.9 Å². The van der Waals surface area contributed by atoms with E-state index in [-0.39, 0.29) is 16.4 Å². The highest BCUT2D eigenvalue weighted by atomic mass is 32.2. The molecule has 2 atom stereocenters. The number of rotatable bonds is 4. The third-order valence-corrected chi connectivity index (χ3v) is 5.72. The maximum atomic E-state index is 12.8. The second kappa shape index (κ2) is 7.10. The first-order valence-corrected chi connectivity index (χ1v) is 8.98. The Hall–Kier alpha value is -2.26. The second-order valence-corrected chi connectivity index (χ2v) is 7.55. The molecule has 2 heterocycles. The minimum atomic E-state index is -0.0374. The lowest BCUT2D eigenvalue weighted by Gasteiger charge is -2.32. The molecule has 1 aromatic carbocycles. The highest BCUT2D eigenvalue weighted by Crippen LogP contribution is 2.37. The van der Waals surface area contributed by atoms with E-state index in [1.165, 1.54) is 0 Å². The van der Waals surface area contributed by atoms with Gasteiger partial charge in [0.1, 0.15) is 0 Å². The highest BCUT2D eigenvalue weighted by Gasteiger charge is 2.32. The van der Waals surface area contributed by atoms with Gasteiger partial charge in [0.25, 0.3) is 0 Å². The van der Waals surface area contributed by atoms with Crippen molar-refractivity contribution >= 4 is 23.4 Å². The Morgan fingerprint density at radius 3 is 2.75 bits per heavy atom. The van der Waals surface area contributed by atoms with Crippen LogP contribution in [0.3, 0.4) is 0 Å². The number of carbonyl (C=O) groups excluding carboxylic acids is 1. The Kier molecular flexibility index (Phi) is 4.91. The zero-order valence-electron chi connectivity index (χ0n) is 13.8. The lowest BCUT2D eigenvalue weighted by atomic mass is 10.1. The van der Waals surface area contributed by atoms with E-state index < -0.39 is 0 Å². The van der Waals surface area contributed by atoms with Crippen LogP contribution in [0, 0.1) is 11.3 Å². The van der Waals surface area contributed by atoms with Gasteiger partial charge in [0, 0.05) is 25.0 Å². The molecule has 24 heavy (non-hydrogen) atoms. The van der Waals surface area contributed by atoms with Crippen LogP contribution in [-0.2, 0) is 11.8 Å². The number of nitrogens with zero attached hydrogens (tertiary/aromatic N) is 4. The van der Waals surface area contributed by atoms with Crippen molar-refractivity contribution in [3.63, 3.8) is 0 Å². The molecule has 1 aliphatic heterocycles. The van der Waals surface area contributed by atoms with Crippen LogP contribution in [-0.4, -0.2) is 27.5 Å². The lowest BCUT2D eigenvalue weighted by molar-refractivity contribution is -0.119. The summed E-state index contributed by atoms with van der Waals surface area (Å²) in [7, 11) is 1.86. The van der Waals surface area contributed by atoms with Gasteiger partial charge in [-0.3, -0.25) is 9.48 Å². The number of aromatic nitrogens is 2. The van der Waals surface area contributed by atoms with Crippen LogP contribution in [0.1, 0.15) is 36.1 Å². The van der Waals surface area contributed by atoms with Crippen molar-refractivity contribution < 1.29 is 4.79 Å². The van der Waals surface area contributed by atoms with E-state index in [4.69, 9.17) is 5.26 Å². The molecular formula is C18H20N4OS. The monoisotopic (exact) mass is 340 g/mol. The van der Waals surface area contributed by atoms with Gasteiger partial charge in [-0.1, -0.05) is 12.1 Å². The van der Waals surface area contributed by atoms with Gasteiger partial charge >= 0.3 is 0 Å². The van der Waals surface area contributed by atoms with Crippen LogP contribution >= 0.6 is 11.8 Å². The minimum Gasteiger partial charge on any atom is -0.309 e. The Morgan fingerprint density at radius 1 is 1.38 bits per heavy atom. The first-order valence-electron chi connectivity index (χ1n) is 8.04. The Balaban J connectivity index is 1.69. The maximum absolute atomic E-state index is 12.8.